The molecule has 0 bridgehead atoms. The number of carbonyl (C=O) groups excluding carboxylic acids is 2. The average molecular weight is 265 g/mol. The lowest BCUT2D eigenvalue weighted by Crippen LogP contribution is -2.40. The summed E-state index contributed by atoms with van der Waals surface area (Å²) in [7, 11) is 2.14. The number of hydrogen-bond acceptors (Lipinski definition) is 3. The predicted molar refractivity (Wildman–Crippen MR) is 71.9 cm³/mol. The Bertz CT molecular complexity index is 375. The van der Waals surface area contributed by atoms with Crippen LogP contribution in [0, 0.1) is 5.92 Å². The van der Waals surface area contributed by atoms with Crippen LogP contribution < -0.4 is 5.32 Å². The van der Waals surface area contributed by atoms with Gasteiger partial charge in [-0.25, -0.2) is 4.79 Å². The summed E-state index contributed by atoms with van der Waals surface area (Å²) in [6.45, 7) is 3.05. The van der Waals surface area contributed by atoms with Gasteiger partial charge in [-0.1, -0.05) is 0 Å². The largest absolute Gasteiger partial charge is 0.333 e. The standard InChI is InChI=1S/C14H23N3O2/c1-16-7-6-10(8-16)13-9-17(14(19)15-13)11-2-4-12(18)5-3-11/h10-11,13H,2-9H2,1H3,(H,15,19). The third-order valence-electron chi connectivity index (χ3n) is 4.91. The molecule has 2 saturated heterocycles. The second-order valence-corrected chi connectivity index (χ2v) is 6.29. The lowest BCUT2D eigenvalue weighted by molar-refractivity contribution is -0.121. The van der Waals surface area contributed by atoms with Crippen molar-refractivity contribution in [2.45, 2.75) is 44.2 Å². The van der Waals surface area contributed by atoms with Gasteiger partial charge in [-0.3, -0.25) is 4.79 Å². The summed E-state index contributed by atoms with van der Waals surface area (Å²) in [4.78, 5) is 27.7. The fraction of sp³-hybridized carbons (Fsp3) is 0.857. The molecule has 2 amide bonds. The molecule has 0 aromatic rings. The SMILES string of the molecule is CN1CCC(C2CN(C3CCC(=O)CC3)C(=O)N2)C1. The Morgan fingerprint density at radius 3 is 2.47 bits per heavy atom. The van der Waals surface area contributed by atoms with Crippen LogP contribution in [0.1, 0.15) is 32.1 Å². The maximum Gasteiger partial charge on any atom is 0.318 e. The van der Waals surface area contributed by atoms with Crippen LogP contribution in [0.5, 0.6) is 0 Å². The molecule has 2 aliphatic heterocycles. The Morgan fingerprint density at radius 1 is 1.11 bits per heavy atom. The van der Waals surface area contributed by atoms with E-state index >= 15 is 0 Å². The van der Waals surface area contributed by atoms with Crippen molar-refractivity contribution in [3.05, 3.63) is 0 Å². The molecule has 3 rings (SSSR count). The molecule has 1 saturated carbocycles. The average Bonchev–Trinajstić information content (AvgIpc) is 2.97. The normalized spacial score (nSPS) is 34.1. The third-order valence-corrected chi connectivity index (χ3v) is 4.91. The molecule has 2 heterocycles. The third kappa shape index (κ3) is 2.61. The quantitative estimate of drug-likeness (QED) is 0.805. The van der Waals surface area contributed by atoms with Crippen molar-refractivity contribution in [1.29, 1.82) is 0 Å². The fourth-order valence-electron chi connectivity index (χ4n) is 3.70. The molecule has 3 fully saturated rings. The smallest absolute Gasteiger partial charge is 0.318 e. The number of urea groups is 1. The van der Waals surface area contributed by atoms with E-state index in [-0.39, 0.29) is 12.1 Å². The van der Waals surface area contributed by atoms with Crippen LogP contribution in [0.15, 0.2) is 0 Å². The molecule has 0 aromatic carbocycles. The monoisotopic (exact) mass is 265 g/mol. The molecular weight excluding hydrogens is 242 g/mol. The summed E-state index contributed by atoms with van der Waals surface area (Å²) in [5, 5.41) is 3.15. The van der Waals surface area contributed by atoms with Gasteiger partial charge in [-0.2, -0.15) is 0 Å². The van der Waals surface area contributed by atoms with Crippen LogP contribution in [-0.2, 0) is 4.79 Å². The van der Waals surface area contributed by atoms with Gasteiger partial charge in [0.25, 0.3) is 0 Å². The first-order valence-electron chi connectivity index (χ1n) is 7.41. The lowest BCUT2D eigenvalue weighted by atomic mass is 9.92. The van der Waals surface area contributed by atoms with Gasteiger partial charge in [0.15, 0.2) is 0 Å². The second-order valence-electron chi connectivity index (χ2n) is 6.29. The van der Waals surface area contributed by atoms with Crippen molar-refractivity contribution < 1.29 is 9.59 Å². The van der Waals surface area contributed by atoms with E-state index in [9.17, 15) is 9.59 Å². The van der Waals surface area contributed by atoms with Crippen molar-refractivity contribution >= 4 is 11.8 Å². The number of rotatable bonds is 2. The molecule has 3 aliphatic rings. The summed E-state index contributed by atoms with van der Waals surface area (Å²) in [6.07, 6.45) is 4.17. The highest BCUT2D eigenvalue weighted by Gasteiger charge is 2.40. The Labute approximate surface area is 114 Å². The van der Waals surface area contributed by atoms with Crippen molar-refractivity contribution in [2.24, 2.45) is 5.92 Å². The molecule has 5 heteroatoms. The highest BCUT2D eigenvalue weighted by atomic mass is 16.2. The van der Waals surface area contributed by atoms with Gasteiger partial charge in [0, 0.05) is 32.0 Å². The van der Waals surface area contributed by atoms with Crippen LogP contribution >= 0.6 is 0 Å². The lowest BCUT2D eigenvalue weighted by Gasteiger charge is -2.30. The zero-order valence-corrected chi connectivity index (χ0v) is 11.6. The summed E-state index contributed by atoms with van der Waals surface area (Å²) >= 11 is 0. The minimum absolute atomic E-state index is 0.0823. The Hall–Kier alpha value is -1.10. The minimum Gasteiger partial charge on any atom is -0.333 e. The first-order chi connectivity index (χ1) is 9.13. The number of nitrogens with zero attached hydrogens (tertiary/aromatic N) is 2. The summed E-state index contributed by atoms with van der Waals surface area (Å²) < 4.78 is 0. The van der Waals surface area contributed by atoms with Crippen LogP contribution in [0.25, 0.3) is 0 Å². The minimum atomic E-state index is 0.0823. The van der Waals surface area contributed by atoms with E-state index in [1.54, 1.807) is 0 Å². The molecule has 2 atom stereocenters. The molecule has 1 N–H and O–H groups in total. The molecule has 0 radical (unpaired) electrons. The maximum absolute atomic E-state index is 12.1. The van der Waals surface area contributed by atoms with Gasteiger partial charge < -0.3 is 15.1 Å². The van der Waals surface area contributed by atoms with E-state index in [4.69, 9.17) is 0 Å². The number of amides is 2. The van der Waals surface area contributed by atoms with E-state index in [1.807, 2.05) is 4.90 Å². The van der Waals surface area contributed by atoms with Gasteiger partial charge in [-0.05, 0) is 38.8 Å². The number of likely N-dealkylation sites (tertiary alicyclic amines) is 1. The van der Waals surface area contributed by atoms with Gasteiger partial charge in [-0.15, -0.1) is 0 Å². The summed E-state index contributed by atoms with van der Waals surface area (Å²) in [5.41, 5.74) is 0. The first-order valence-corrected chi connectivity index (χ1v) is 7.41. The highest BCUT2D eigenvalue weighted by molar-refractivity contribution is 5.80. The molecule has 5 nitrogen and oxygen atoms in total. The van der Waals surface area contributed by atoms with E-state index in [0.29, 0.717) is 30.6 Å². The predicted octanol–water partition coefficient (Wildman–Crippen LogP) is 0.844. The number of nitrogens with one attached hydrogen (secondary N) is 1. The summed E-state index contributed by atoms with van der Waals surface area (Å²) in [6, 6.07) is 0.663. The van der Waals surface area contributed by atoms with Crippen molar-refractivity contribution in [3.63, 3.8) is 0 Å². The second kappa shape index (κ2) is 5.12. The maximum atomic E-state index is 12.1. The number of carbonyl (C=O) groups is 2. The van der Waals surface area contributed by atoms with Crippen molar-refractivity contribution in [2.75, 3.05) is 26.7 Å². The van der Waals surface area contributed by atoms with Crippen LogP contribution in [-0.4, -0.2) is 60.4 Å². The molecule has 19 heavy (non-hydrogen) atoms. The molecule has 0 spiro atoms. The molecule has 106 valence electrons. The van der Waals surface area contributed by atoms with E-state index in [1.165, 1.54) is 6.42 Å². The van der Waals surface area contributed by atoms with Gasteiger partial charge in [0.1, 0.15) is 5.78 Å². The van der Waals surface area contributed by atoms with Gasteiger partial charge >= 0.3 is 6.03 Å². The van der Waals surface area contributed by atoms with E-state index in [2.05, 4.69) is 17.3 Å². The Morgan fingerprint density at radius 2 is 1.84 bits per heavy atom. The van der Waals surface area contributed by atoms with Crippen LogP contribution in [0.3, 0.4) is 0 Å². The van der Waals surface area contributed by atoms with Gasteiger partial charge in [0.05, 0.1) is 6.04 Å². The fourth-order valence-corrected chi connectivity index (χ4v) is 3.70. The van der Waals surface area contributed by atoms with Crippen LogP contribution in [0.2, 0.25) is 0 Å². The van der Waals surface area contributed by atoms with Gasteiger partial charge in [0.2, 0.25) is 0 Å². The van der Waals surface area contributed by atoms with E-state index < -0.39 is 0 Å². The molecule has 2 unspecified atom stereocenters. The molecule has 1 aliphatic carbocycles. The zero-order chi connectivity index (χ0) is 13.4. The molecular formula is C14H23N3O2. The topological polar surface area (TPSA) is 52.7 Å². The Kier molecular flexibility index (Phi) is 3.48. The Balaban J connectivity index is 1.59. The highest BCUT2D eigenvalue weighted by Crippen LogP contribution is 2.27. The molecule has 0 aromatic heterocycles. The number of Topliss-reactive ketones (excluding diaryl/α,β-unsaturated/α-hetero) is 1. The van der Waals surface area contributed by atoms with Crippen molar-refractivity contribution in [3.8, 4) is 0 Å². The van der Waals surface area contributed by atoms with E-state index in [0.717, 1.165) is 32.5 Å². The number of ketones is 1. The van der Waals surface area contributed by atoms with Crippen molar-refractivity contribution in [1.82, 2.24) is 15.1 Å². The summed E-state index contributed by atoms with van der Waals surface area (Å²) in [5.74, 6) is 0.939. The zero-order valence-electron chi connectivity index (χ0n) is 11.6. The first kappa shape index (κ1) is 12.9. The van der Waals surface area contributed by atoms with Crippen LogP contribution in [0.4, 0.5) is 4.79 Å². The number of hydrogen-bond donors (Lipinski definition) is 1.